The predicted molar refractivity (Wildman–Crippen MR) is 138 cm³/mol. The van der Waals surface area contributed by atoms with Gasteiger partial charge in [-0.1, -0.05) is 29.8 Å². The Morgan fingerprint density at radius 3 is 2.61 bits per heavy atom. The van der Waals surface area contributed by atoms with Crippen LogP contribution in [0.4, 0.5) is 35.2 Å². The summed E-state index contributed by atoms with van der Waals surface area (Å²) in [5.41, 5.74) is 8.32. The van der Waals surface area contributed by atoms with Crippen LogP contribution >= 0.6 is 11.6 Å². The van der Waals surface area contributed by atoms with Crippen LogP contribution in [0.15, 0.2) is 54.9 Å². The number of benzene rings is 2. The van der Waals surface area contributed by atoms with Crippen LogP contribution in [-0.4, -0.2) is 51.8 Å². The van der Waals surface area contributed by atoms with Crippen molar-refractivity contribution in [1.82, 2.24) is 19.5 Å². The van der Waals surface area contributed by atoms with Gasteiger partial charge in [0.15, 0.2) is 5.82 Å². The van der Waals surface area contributed by atoms with Crippen LogP contribution in [0.25, 0.3) is 16.6 Å². The summed E-state index contributed by atoms with van der Waals surface area (Å²) in [6.07, 6.45) is -3.15. The third-order valence-electron chi connectivity index (χ3n) is 6.13. The summed E-state index contributed by atoms with van der Waals surface area (Å²) in [6.45, 7) is 3.47. The van der Waals surface area contributed by atoms with Gasteiger partial charge in [0.1, 0.15) is 11.8 Å². The van der Waals surface area contributed by atoms with Crippen LogP contribution in [0.1, 0.15) is 11.3 Å². The Balaban J connectivity index is 1.43. The highest BCUT2D eigenvalue weighted by Gasteiger charge is 2.30. The largest absolute Gasteiger partial charge is 0.416 e. The number of aromatic nitrogens is 3. The number of alkyl halides is 3. The first-order valence-electron chi connectivity index (χ1n) is 11.7. The lowest BCUT2D eigenvalue weighted by Crippen LogP contribution is -2.36. The summed E-state index contributed by atoms with van der Waals surface area (Å²) in [6, 6.07) is 10.6. The molecule has 0 aliphatic carbocycles. The number of fused-ring (bicyclic) bond motifs is 1. The Morgan fingerprint density at radius 2 is 1.84 bits per heavy atom. The summed E-state index contributed by atoms with van der Waals surface area (Å²) in [7, 11) is 0. The smallest absolute Gasteiger partial charge is 0.382 e. The van der Waals surface area contributed by atoms with E-state index in [1.807, 2.05) is 6.07 Å². The van der Waals surface area contributed by atoms with Gasteiger partial charge in [0.25, 0.3) is 0 Å². The summed E-state index contributed by atoms with van der Waals surface area (Å²) in [5, 5.41) is 9.63. The average Bonchev–Trinajstić information content (AvgIpc) is 3.25. The second-order valence-corrected chi connectivity index (χ2v) is 9.05. The lowest BCUT2D eigenvalue weighted by atomic mass is 10.1. The van der Waals surface area contributed by atoms with Crippen LogP contribution in [-0.2, 0) is 17.5 Å². The topological polar surface area (TPSA) is 110 Å². The SMILES string of the molecule is Nc1ncnn2c(CN3CCOCC3)cc(-c3cccc(NC(=O)Nc4cccc(C(F)(F)F)c4)c3Cl)c12. The lowest BCUT2D eigenvalue weighted by molar-refractivity contribution is -0.137. The first-order chi connectivity index (χ1) is 18.2. The molecule has 4 N–H and O–H groups in total. The molecule has 13 heteroatoms. The highest BCUT2D eigenvalue weighted by molar-refractivity contribution is 6.37. The Bertz CT molecular complexity index is 1490. The average molecular weight is 546 g/mol. The standard InChI is InChI=1S/C25H23ClF3N7O2/c26-21-18(5-2-6-20(21)34-24(37)33-16-4-1-3-15(11-16)25(27,28)29)19-12-17(13-35-7-9-38-10-8-35)36-22(19)23(30)31-14-32-36/h1-6,11-12,14H,7-10,13H2,(H2,30,31,32)(H2,33,34,37). The number of hydrogen-bond acceptors (Lipinski definition) is 6. The third-order valence-corrected chi connectivity index (χ3v) is 6.54. The molecular weight excluding hydrogens is 523 g/mol. The van der Waals surface area contributed by atoms with Crippen molar-refractivity contribution in [1.29, 1.82) is 0 Å². The lowest BCUT2D eigenvalue weighted by Gasteiger charge is -2.26. The molecule has 0 radical (unpaired) electrons. The molecule has 2 aromatic carbocycles. The Labute approximate surface area is 220 Å². The maximum atomic E-state index is 13.0. The van der Waals surface area contributed by atoms with E-state index in [-0.39, 0.29) is 22.2 Å². The third kappa shape index (κ3) is 5.37. The molecule has 3 heterocycles. The Morgan fingerprint density at radius 1 is 1.08 bits per heavy atom. The molecule has 2 amide bonds. The molecule has 2 aromatic heterocycles. The molecule has 0 unspecified atom stereocenters. The van der Waals surface area contributed by atoms with Gasteiger partial charge < -0.3 is 21.1 Å². The van der Waals surface area contributed by atoms with Crippen molar-refractivity contribution in [2.45, 2.75) is 12.7 Å². The van der Waals surface area contributed by atoms with E-state index in [2.05, 4.69) is 25.6 Å². The number of nitrogens with zero attached hydrogens (tertiary/aromatic N) is 4. The zero-order valence-electron chi connectivity index (χ0n) is 19.9. The molecule has 0 spiro atoms. The van der Waals surface area contributed by atoms with Gasteiger partial charge in [-0.2, -0.15) is 18.3 Å². The molecule has 38 heavy (non-hydrogen) atoms. The first-order valence-corrected chi connectivity index (χ1v) is 12.0. The molecule has 4 aromatic rings. The number of nitrogens with one attached hydrogen (secondary N) is 2. The molecule has 1 aliphatic heterocycles. The summed E-state index contributed by atoms with van der Waals surface area (Å²) < 4.78 is 46.2. The number of halogens is 4. The fourth-order valence-electron chi connectivity index (χ4n) is 4.33. The van der Waals surface area contributed by atoms with Gasteiger partial charge in [0.05, 0.1) is 35.2 Å². The van der Waals surface area contributed by atoms with Crippen LogP contribution in [0.2, 0.25) is 5.02 Å². The van der Waals surface area contributed by atoms with Gasteiger partial charge >= 0.3 is 12.2 Å². The fraction of sp³-hybridized carbons (Fsp3) is 0.240. The van der Waals surface area contributed by atoms with E-state index in [1.165, 1.54) is 18.5 Å². The van der Waals surface area contributed by atoms with Crippen molar-refractivity contribution >= 4 is 40.3 Å². The van der Waals surface area contributed by atoms with Crippen LogP contribution in [0.5, 0.6) is 0 Å². The van der Waals surface area contributed by atoms with Crippen LogP contribution in [0.3, 0.4) is 0 Å². The van der Waals surface area contributed by atoms with Gasteiger partial charge in [-0.25, -0.2) is 14.3 Å². The number of nitrogens with two attached hydrogens (primary N) is 1. The Kier molecular flexibility index (Phi) is 7.11. The maximum absolute atomic E-state index is 13.0. The molecule has 0 atom stereocenters. The first kappa shape index (κ1) is 25.8. The van der Waals surface area contributed by atoms with Gasteiger partial charge in [0, 0.05) is 36.4 Å². The monoisotopic (exact) mass is 545 g/mol. The number of rotatable bonds is 5. The molecule has 0 saturated carbocycles. The van der Waals surface area contributed by atoms with Crippen molar-refractivity contribution < 1.29 is 22.7 Å². The minimum Gasteiger partial charge on any atom is -0.382 e. The van der Waals surface area contributed by atoms with Crippen LogP contribution < -0.4 is 16.4 Å². The number of ether oxygens (including phenoxy) is 1. The van der Waals surface area contributed by atoms with E-state index in [0.29, 0.717) is 36.4 Å². The molecule has 9 nitrogen and oxygen atoms in total. The van der Waals surface area contributed by atoms with Crippen LogP contribution in [0, 0.1) is 0 Å². The van der Waals surface area contributed by atoms with Crippen molar-refractivity contribution in [3.8, 4) is 11.1 Å². The van der Waals surface area contributed by atoms with Crippen molar-refractivity contribution in [2.75, 3.05) is 42.7 Å². The summed E-state index contributed by atoms with van der Waals surface area (Å²) in [4.78, 5) is 19.0. The summed E-state index contributed by atoms with van der Waals surface area (Å²) in [5.74, 6) is 0.264. The quantitative estimate of drug-likeness (QED) is 0.321. The second kappa shape index (κ2) is 10.5. The summed E-state index contributed by atoms with van der Waals surface area (Å²) >= 11 is 6.72. The van der Waals surface area contributed by atoms with Gasteiger partial charge in [-0.3, -0.25) is 4.90 Å². The van der Waals surface area contributed by atoms with E-state index < -0.39 is 17.8 Å². The zero-order valence-corrected chi connectivity index (χ0v) is 20.7. The number of carbonyl (C=O) groups excluding carboxylic acids is 1. The molecule has 1 fully saturated rings. The number of hydrogen-bond donors (Lipinski definition) is 3. The fourth-order valence-corrected chi connectivity index (χ4v) is 4.61. The van der Waals surface area contributed by atoms with Crippen molar-refractivity contribution in [3.05, 3.63) is 71.1 Å². The number of morpholine rings is 1. The maximum Gasteiger partial charge on any atom is 0.416 e. The number of nitrogen functional groups attached to an aromatic ring is 1. The van der Waals surface area contributed by atoms with E-state index in [0.717, 1.165) is 30.9 Å². The predicted octanol–water partition coefficient (Wildman–Crippen LogP) is 5.13. The number of amides is 2. The van der Waals surface area contributed by atoms with Crippen molar-refractivity contribution in [2.24, 2.45) is 0 Å². The molecular formula is C25H23ClF3N7O2. The molecule has 0 bridgehead atoms. The zero-order chi connectivity index (χ0) is 26.9. The molecule has 5 rings (SSSR count). The van der Waals surface area contributed by atoms with E-state index in [9.17, 15) is 18.0 Å². The molecule has 198 valence electrons. The number of carbonyl (C=O) groups is 1. The highest BCUT2D eigenvalue weighted by atomic mass is 35.5. The molecule has 1 saturated heterocycles. The van der Waals surface area contributed by atoms with E-state index in [1.54, 1.807) is 22.7 Å². The van der Waals surface area contributed by atoms with Gasteiger partial charge in [-0.05, 0) is 30.3 Å². The minimum atomic E-state index is -4.53. The normalized spacial score (nSPS) is 14.5. The minimum absolute atomic E-state index is 0.0132. The van der Waals surface area contributed by atoms with Gasteiger partial charge in [-0.15, -0.1) is 0 Å². The van der Waals surface area contributed by atoms with E-state index >= 15 is 0 Å². The highest BCUT2D eigenvalue weighted by Crippen LogP contribution is 2.39. The number of urea groups is 1. The number of anilines is 3. The van der Waals surface area contributed by atoms with Gasteiger partial charge in [0.2, 0.25) is 0 Å². The van der Waals surface area contributed by atoms with E-state index in [4.69, 9.17) is 22.1 Å². The Hall–Kier alpha value is -3.87. The molecule has 1 aliphatic rings. The van der Waals surface area contributed by atoms with Crippen molar-refractivity contribution in [3.63, 3.8) is 0 Å². The second-order valence-electron chi connectivity index (χ2n) is 8.67.